The SMILES string of the molecule is Nc1ccc(CC(CP(=O)(O)Cc2ccc3c(c2)C(=O)c2ccccc2C3=O)C(=O)O)cn1. The number of anilines is 1. The van der Waals surface area contributed by atoms with Gasteiger partial charge in [-0.15, -0.1) is 0 Å². The minimum absolute atomic E-state index is 0.0289. The summed E-state index contributed by atoms with van der Waals surface area (Å²) in [4.78, 5) is 51.9. The third-order valence-corrected chi connectivity index (χ3v) is 7.47. The molecule has 3 aromatic rings. The summed E-state index contributed by atoms with van der Waals surface area (Å²) in [6.45, 7) is 0. The zero-order chi connectivity index (χ0) is 23.8. The van der Waals surface area contributed by atoms with Gasteiger partial charge in [0.15, 0.2) is 11.6 Å². The lowest BCUT2D eigenvalue weighted by atomic mass is 9.83. The molecule has 1 aliphatic carbocycles. The van der Waals surface area contributed by atoms with Gasteiger partial charge in [0, 0.05) is 40.8 Å². The Kier molecular flexibility index (Phi) is 5.97. The minimum Gasteiger partial charge on any atom is -0.481 e. The molecule has 1 aliphatic rings. The average molecular weight is 464 g/mol. The highest BCUT2D eigenvalue weighted by Crippen LogP contribution is 2.47. The summed E-state index contributed by atoms with van der Waals surface area (Å²) in [6.07, 6.45) is 0.714. The number of carboxylic acids is 1. The molecule has 4 rings (SSSR count). The Labute approximate surface area is 189 Å². The summed E-state index contributed by atoms with van der Waals surface area (Å²) in [5.74, 6) is -2.60. The predicted molar refractivity (Wildman–Crippen MR) is 122 cm³/mol. The van der Waals surface area contributed by atoms with Crippen LogP contribution in [0.5, 0.6) is 0 Å². The lowest BCUT2D eigenvalue weighted by Gasteiger charge is -2.20. The van der Waals surface area contributed by atoms with Crippen molar-refractivity contribution < 1.29 is 28.9 Å². The number of aliphatic carboxylic acids is 1. The number of hydrogen-bond acceptors (Lipinski definition) is 6. The summed E-state index contributed by atoms with van der Waals surface area (Å²) < 4.78 is 13.0. The van der Waals surface area contributed by atoms with Crippen LogP contribution in [0.4, 0.5) is 5.82 Å². The maximum atomic E-state index is 13.0. The van der Waals surface area contributed by atoms with Crippen LogP contribution in [0.1, 0.15) is 43.0 Å². The van der Waals surface area contributed by atoms with Crippen LogP contribution in [0, 0.1) is 5.92 Å². The van der Waals surface area contributed by atoms with Crippen molar-refractivity contribution in [2.24, 2.45) is 5.92 Å². The standard InChI is InChI=1S/C24H21N2O6P/c25-21-8-6-14(11-26-21)9-16(24(29)30)13-33(31,32)12-15-5-7-19-20(10-15)23(28)18-4-2-1-3-17(18)22(19)27/h1-8,10-11,16H,9,12-13H2,(H2,25,26)(H,29,30)(H,31,32). The van der Waals surface area contributed by atoms with E-state index >= 15 is 0 Å². The van der Waals surface area contributed by atoms with E-state index in [9.17, 15) is 28.9 Å². The van der Waals surface area contributed by atoms with Gasteiger partial charge in [-0.3, -0.25) is 18.9 Å². The topological polar surface area (TPSA) is 148 Å². The number of rotatable bonds is 7. The fourth-order valence-electron chi connectivity index (χ4n) is 4.01. The predicted octanol–water partition coefficient (Wildman–Crippen LogP) is 3.15. The number of carbonyl (C=O) groups excluding carboxylic acids is 2. The second-order valence-corrected chi connectivity index (χ2v) is 10.5. The number of nitrogens with zero attached hydrogens (tertiary/aromatic N) is 1. The van der Waals surface area contributed by atoms with Gasteiger partial charge in [-0.1, -0.05) is 36.4 Å². The van der Waals surface area contributed by atoms with Gasteiger partial charge >= 0.3 is 5.97 Å². The third-order valence-electron chi connectivity index (χ3n) is 5.60. The highest BCUT2D eigenvalue weighted by molar-refractivity contribution is 7.57. The van der Waals surface area contributed by atoms with Crippen molar-refractivity contribution in [2.45, 2.75) is 12.6 Å². The number of benzene rings is 2. The van der Waals surface area contributed by atoms with E-state index in [2.05, 4.69) is 4.98 Å². The number of carbonyl (C=O) groups is 3. The molecule has 0 spiro atoms. The number of pyridine rings is 1. The first-order chi connectivity index (χ1) is 15.6. The molecule has 2 atom stereocenters. The summed E-state index contributed by atoms with van der Waals surface area (Å²) in [6, 6.07) is 14.2. The number of hydrogen-bond donors (Lipinski definition) is 3. The van der Waals surface area contributed by atoms with E-state index in [1.165, 1.54) is 30.5 Å². The molecule has 0 radical (unpaired) electrons. The van der Waals surface area contributed by atoms with Crippen molar-refractivity contribution in [1.82, 2.24) is 4.98 Å². The molecule has 0 bridgehead atoms. The molecule has 8 nitrogen and oxygen atoms in total. The first-order valence-corrected chi connectivity index (χ1v) is 12.2. The van der Waals surface area contributed by atoms with Crippen molar-refractivity contribution >= 4 is 30.7 Å². The molecule has 0 amide bonds. The van der Waals surface area contributed by atoms with E-state index in [0.717, 1.165) is 0 Å². The molecular formula is C24H21N2O6P. The van der Waals surface area contributed by atoms with E-state index in [1.807, 2.05) is 0 Å². The van der Waals surface area contributed by atoms with E-state index in [4.69, 9.17) is 5.73 Å². The number of fused-ring (bicyclic) bond motifs is 2. The highest BCUT2D eigenvalue weighted by atomic mass is 31.2. The van der Waals surface area contributed by atoms with Crippen LogP contribution in [0.15, 0.2) is 60.8 Å². The van der Waals surface area contributed by atoms with Crippen LogP contribution in [-0.4, -0.2) is 38.7 Å². The van der Waals surface area contributed by atoms with Crippen molar-refractivity contribution in [3.05, 3.63) is 94.2 Å². The number of ketones is 2. The molecule has 0 saturated heterocycles. The molecule has 168 valence electrons. The van der Waals surface area contributed by atoms with Crippen LogP contribution in [0.3, 0.4) is 0 Å². The molecule has 0 saturated carbocycles. The van der Waals surface area contributed by atoms with Crippen molar-refractivity contribution in [3.63, 3.8) is 0 Å². The molecule has 1 aromatic heterocycles. The number of aromatic nitrogens is 1. The van der Waals surface area contributed by atoms with Crippen LogP contribution in [0.25, 0.3) is 0 Å². The van der Waals surface area contributed by atoms with E-state index in [-0.39, 0.29) is 35.3 Å². The Bertz CT molecular complexity index is 1320. The maximum Gasteiger partial charge on any atom is 0.307 e. The Balaban J connectivity index is 1.55. The van der Waals surface area contributed by atoms with Gasteiger partial charge in [-0.2, -0.15) is 0 Å². The summed E-state index contributed by atoms with van der Waals surface area (Å²) >= 11 is 0. The quantitative estimate of drug-likeness (QED) is 0.353. The molecule has 33 heavy (non-hydrogen) atoms. The van der Waals surface area contributed by atoms with Crippen molar-refractivity contribution in [1.29, 1.82) is 0 Å². The summed E-state index contributed by atoms with van der Waals surface area (Å²) in [5, 5.41) is 9.57. The maximum absolute atomic E-state index is 13.0. The van der Waals surface area contributed by atoms with Crippen LogP contribution in [-0.2, 0) is 21.9 Å². The smallest absolute Gasteiger partial charge is 0.307 e. The number of carboxylic acid groups (broad SMARTS) is 1. The molecule has 2 unspecified atom stereocenters. The average Bonchev–Trinajstić information content (AvgIpc) is 2.78. The zero-order valence-corrected chi connectivity index (χ0v) is 18.4. The lowest BCUT2D eigenvalue weighted by molar-refractivity contribution is -0.141. The fraction of sp³-hybridized carbons (Fsp3) is 0.167. The monoisotopic (exact) mass is 464 g/mol. The Morgan fingerprint density at radius 1 is 0.939 bits per heavy atom. The van der Waals surface area contributed by atoms with Gasteiger partial charge < -0.3 is 15.7 Å². The van der Waals surface area contributed by atoms with Gasteiger partial charge in [0.1, 0.15) is 5.82 Å². The molecular weight excluding hydrogens is 443 g/mol. The summed E-state index contributed by atoms with van der Waals surface area (Å²) in [5.41, 5.74) is 7.57. The first kappa shape index (κ1) is 22.6. The minimum atomic E-state index is -3.93. The first-order valence-electron chi connectivity index (χ1n) is 10.2. The molecule has 9 heteroatoms. The van der Waals surface area contributed by atoms with Crippen LogP contribution < -0.4 is 5.73 Å². The van der Waals surface area contributed by atoms with Crippen molar-refractivity contribution in [3.8, 4) is 0 Å². The van der Waals surface area contributed by atoms with Gasteiger partial charge in [-0.05, 0) is 35.7 Å². The molecule has 0 aliphatic heterocycles. The van der Waals surface area contributed by atoms with Gasteiger partial charge in [0.2, 0.25) is 7.37 Å². The second kappa shape index (κ2) is 8.73. The largest absolute Gasteiger partial charge is 0.481 e. The normalized spacial score (nSPS) is 15.3. The second-order valence-electron chi connectivity index (χ2n) is 8.10. The van der Waals surface area contributed by atoms with Gasteiger partial charge in [0.25, 0.3) is 0 Å². The Hall–Kier alpha value is -3.61. The lowest BCUT2D eigenvalue weighted by Crippen LogP contribution is -2.22. The van der Waals surface area contributed by atoms with Crippen LogP contribution >= 0.6 is 7.37 Å². The fourth-order valence-corrected chi connectivity index (χ4v) is 5.88. The van der Waals surface area contributed by atoms with E-state index in [1.54, 1.807) is 30.3 Å². The molecule has 0 fully saturated rings. The zero-order valence-electron chi connectivity index (χ0n) is 17.5. The van der Waals surface area contributed by atoms with E-state index in [0.29, 0.717) is 28.1 Å². The molecule has 2 aromatic carbocycles. The summed E-state index contributed by atoms with van der Waals surface area (Å²) in [7, 11) is -3.93. The highest BCUT2D eigenvalue weighted by Gasteiger charge is 2.32. The van der Waals surface area contributed by atoms with Gasteiger partial charge in [-0.25, -0.2) is 4.98 Å². The van der Waals surface area contributed by atoms with Gasteiger partial charge in [0.05, 0.1) is 5.92 Å². The Morgan fingerprint density at radius 2 is 1.55 bits per heavy atom. The number of nitrogens with two attached hydrogens (primary N) is 1. The van der Waals surface area contributed by atoms with E-state index < -0.39 is 25.4 Å². The molecule has 1 heterocycles. The van der Waals surface area contributed by atoms with Crippen LogP contribution in [0.2, 0.25) is 0 Å². The Morgan fingerprint density at radius 3 is 2.15 bits per heavy atom. The number of nitrogen functional groups attached to an aromatic ring is 1. The molecule has 4 N–H and O–H groups in total. The third kappa shape index (κ3) is 4.77. The van der Waals surface area contributed by atoms with Crippen molar-refractivity contribution in [2.75, 3.05) is 11.9 Å².